The first kappa shape index (κ1) is 8.56. The molecule has 11 heavy (non-hydrogen) atoms. The van der Waals surface area contributed by atoms with E-state index in [-0.39, 0.29) is 12.4 Å². The van der Waals surface area contributed by atoms with Gasteiger partial charge in [0.15, 0.2) is 0 Å². The van der Waals surface area contributed by atoms with Gasteiger partial charge in [0.05, 0.1) is 11.8 Å². The van der Waals surface area contributed by atoms with E-state index in [2.05, 4.69) is 25.9 Å². The molecule has 0 saturated carbocycles. The lowest BCUT2D eigenvalue weighted by Crippen LogP contribution is -1.68. The molecule has 1 N–H and O–H groups in total. The molecule has 1 aromatic carbocycles. The predicted molar refractivity (Wildman–Crippen MR) is 51.0 cm³/mol. The Balaban J connectivity index is 0.000000605. The Morgan fingerprint density at radius 3 is 2.91 bits per heavy atom. The third kappa shape index (κ3) is 1.39. The van der Waals surface area contributed by atoms with Crippen molar-refractivity contribution in [2.45, 2.75) is 0 Å². The summed E-state index contributed by atoms with van der Waals surface area (Å²) in [5.41, 5.74) is 2.05. The number of benzene rings is 1. The lowest BCUT2D eigenvalue weighted by Gasteiger charge is -1.88. The molecule has 0 radical (unpaired) electrons. The molecule has 1 aromatic heterocycles. The molecular formula is C7H6BrClN2. The summed E-state index contributed by atoms with van der Waals surface area (Å²) >= 11 is 3.39. The van der Waals surface area contributed by atoms with Gasteiger partial charge in [-0.2, -0.15) is 0 Å². The van der Waals surface area contributed by atoms with Gasteiger partial charge in [0.25, 0.3) is 0 Å². The molecule has 2 aromatic rings. The van der Waals surface area contributed by atoms with E-state index in [1.54, 1.807) is 6.33 Å². The summed E-state index contributed by atoms with van der Waals surface area (Å²) < 4.78 is 1.03. The Morgan fingerprint density at radius 2 is 2.18 bits per heavy atom. The van der Waals surface area contributed by atoms with Crippen LogP contribution in [0, 0.1) is 0 Å². The van der Waals surface area contributed by atoms with Crippen molar-refractivity contribution in [3.05, 3.63) is 29.0 Å². The Bertz CT molecular complexity index is 358. The van der Waals surface area contributed by atoms with Gasteiger partial charge in [0.2, 0.25) is 0 Å². The van der Waals surface area contributed by atoms with Crippen LogP contribution in [-0.4, -0.2) is 9.97 Å². The Morgan fingerprint density at radius 1 is 1.36 bits per heavy atom. The highest BCUT2D eigenvalue weighted by atomic mass is 79.9. The van der Waals surface area contributed by atoms with E-state index in [1.807, 2.05) is 18.2 Å². The molecule has 2 nitrogen and oxygen atoms in total. The molecule has 0 aliphatic carbocycles. The fraction of sp³-hybridized carbons (Fsp3) is 0. The van der Waals surface area contributed by atoms with Crippen LogP contribution in [0.4, 0.5) is 0 Å². The number of H-pyrrole nitrogens is 1. The smallest absolute Gasteiger partial charge is 0.102 e. The maximum atomic E-state index is 4.12. The van der Waals surface area contributed by atoms with E-state index in [9.17, 15) is 0 Å². The van der Waals surface area contributed by atoms with Crippen LogP contribution in [-0.2, 0) is 0 Å². The highest BCUT2D eigenvalue weighted by Gasteiger charge is 1.96. The minimum Gasteiger partial charge on any atom is -0.345 e. The van der Waals surface area contributed by atoms with E-state index in [4.69, 9.17) is 0 Å². The summed E-state index contributed by atoms with van der Waals surface area (Å²) in [7, 11) is 0. The minimum atomic E-state index is 0. The maximum Gasteiger partial charge on any atom is 0.102 e. The normalized spacial score (nSPS) is 9.55. The van der Waals surface area contributed by atoms with E-state index in [1.165, 1.54) is 0 Å². The quantitative estimate of drug-likeness (QED) is 0.745. The number of fused-ring (bicyclic) bond motifs is 1. The van der Waals surface area contributed by atoms with Crippen LogP contribution in [0.1, 0.15) is 0 Å². The largest absolute Gasteiger partial charge is 0.345 e. The Kier molecular flexibility index (Phi) is 2.52. The number of nitrogens with one attached hydrogen (secondary N) is 1. The molecule has 0 atom stereocenters. The first-order valence-electron chi connectivity index (χ1n) is 2.95. The summed E-state index contributed by atoms with van der Waals surface area (Å²) in [5, 5.41) is 0. The lowest BCUT2D eigenvalue weighted by molar-refractivity contribution is 1.34. The van der Waals surface area contributed by atoms with Crippen LogP contribution in [0.3, 0.4) is 0 Å². The third-order valence-corrected chi connectivity index (χ3v) is 2.04. The van der Waals surface area contributed by atoms with Gasteiger partial charge in [-0.1, -0.05) is 6.07 Å². The summed E-state index contributed by atoms with van der Waals surface area (Å²) in [6.07, 6.45) is 1.69. The van der Waals surface area contributed by atoms with Crippen molar-refractivity contribution in [1.29, 1.82) is 0 Å². The molecule has 2 rings (SSSR count). The molecule has 0 aliphatic rings. The topological polar surface area (TPSA) is 28.7 Å². The average Bonchev–Trinajstić information content (AvgIpc) is 2.36. The van der Waals surface area contributed by atoms with Crippen LogP contribution in [0.5, 0.6) is 0 Å². The molecule has 1 heterocycles. The highest BCUT2D eigenvalue weighted by Crippen LogP contribution is 2.19. The first-order chi connectivity index (χ1) is 4.88. The fourth-order valence-electron chi connectivity index (χ4n) is 0.929. The number of para-hydroxylation sites is 1. The monoisotopic (exact) mass is 232 g/mol. The van der Waals surface area contributed by atoms with Crippen molar-refractivity contribution >= 4 is 39.4 Å². The molecule has 0 unspecified atom stereocenters. The van der Waals surface area contributed by atoms with Crippen LogP contribution in [0.2, 0.25) is 0 Å². The van der Waals surface area contributed by atoms with Gasteiger partial charge in [0.1, 0.15) is 5.52 Å². The lowest BCUT2D eigenvalue weighted by atomic mass is 10.3. The number of hydrogen-bond donors (Lipinski definition) is 1. The number of nitrogens with zero attached hydrogens (tertiary/aromatic N) is 1. The van der Waals surface area contributed by atoms with Crippen molar-refractivity contribution in [1.82, 2.24) is 9.97 Å². The second-order valence-corrected chi connectivity index (χ2v) is 2.89. The molecule has 0 bridgehead atoms. The zero-order chi connectivity index (χ0) is 6.97. The zero-order valence-corrected chi connectivity index (χ0v) is 7.95. The van der Waals surface area contributed by atoms with Crippen LogP contribution < -0.4 is 0 Å². The van der Waals surface area contributed by atoms with E-state index >= 15 is 0 Å². The summed E-state index contributed by atoms with van der Waals surface area (Å²) in [6, 6.07) is 5.95. The zero-order valence-electron chi connectivity index (χ0n) is 5.54. The first-order valence-corrected chi connectivity index (χ1v) is 3.75. The summed E-state index contributed by atoms with van der Waals surface area (Å²) in [6.45, 7) is 0. The van der Waals surface area contributed by atoms with Gasteiger partial charge in [-0.05, 0) is 28.1 Å². The van der Waals surface area contributed by atoms with E-state index in [0.717, 1.165) is 15.5 Å². The second kappa shape index (κ2) is 3.24. The number of aromatic nitrogens is 2. The number of imidazole rings is 1. The number of hydrogen-bond acceptors (Lipinski definition) is 1. The van der Waals surface area contributed by atoms with E-state index in [0.29, 0.717) is 0 Å². The molecule has 0 spiro atoms. The number of aromatic amines is 1. The van der Waals surface area contributed by atoms with Crippen LogP contribution in [0.15, 0.2) is 29.0 Å². The van der Waals surface area contributed by atoms with Crippen molar-refractivity contribution in [3.63, 3.8) is 0 Å². The molecule has 4 heteroatoms. The third-order valence-electron chi connectivity index (χ3n) is 1.40. The van der Waals surface area contributed by atoms with E-state index < -0.39 is 0 Å². The van der Waals surface area contributed by atoms with Gasteiger partial charge in [-0.3, -0.25) is 0 Å². The fourth-order valence-corrected chi connectivity index (χ4v) is 1.40. The average molecular weight is 233 g/mol. The van der Waals surface area contributed by atoms with Gasteiger partial charge in [-0.15, -0.1) is 12.4 Å². The minimum absolute atomic E-state index is 0. The molecule has 0 fully saturated rings. The summed E-state index contributed by atoms with van der Waals surface area (Å²) in [5.74, 6) is 0. The van der Waals surface area contributed by atoms with Gasteiger partial charge < -0.3 is 4.98 Å². The maximum absolute atomic E-state index is 4.12. The Labute approximate surface area is 78.6 Å². The number of halogens is 2. The van der Waals surface area contributed by atoms with Crippen molar-refractivity contribution in [3.8, 4) is 0 Å². The highest BCUT2D eigenvalue weighted by molar-refractivity contribution is 9.10. The molecule has 58 valence electrons. The molecule has 0 aliphatic heterocycles. The Hall–Kier alpha value is -0.540. The van der Waals surface area contributed by atoms with Crippen molar-refractivity contribution in [2.24, 2.45) is 0 Å². The summed E-state index contributed by atoms with van der Waals surface area (Å²) in [4.78, 5) is 7.14. The van der Waals surface area contributed by atoms with Crippen molar-refractivity contribution < 1.29 is 0 Å². The molecule has 0 saturated heterocycles. The second-order valence-electron chi connectivity index (χ2n) is 2.04. The van der Waals surface area contributed by atoms with Crippen molar-refractivity contribution in [2.75, 3.05) is 0 Å². The van der Waals surface area contributed by atoms with Gasteiger partial charge in [-0.25, -0.2) is 4.98 Å². The molecule has 0 amide bonds. The predicted octanol–water partition coefficient (Wildman–Crippen LogP) is 2.75. The van der Waals surface area contributed by atoms with Crippen LogP contribution >= 0.6 is 28.3 Å². The number of rotatable bonds is 0. The van der Waals surface area contributed by atoms with Gasteiger partial charge in [0, 0.05) is 4.47 Å². The molecular weight excluding hydrogens is 227 g/mol. The standard InChI is InChI=1S/C7H5BrN2.ClH/c8-5-2-1-3-6-7(5)10-4-9-6;/h1-4H,(H,9,10);1H. The van der Waals surface area contributed by atoms with Crippen LogP contribution in [0.25, 0.3) is 11.0 Å². The van der Waals surface area contributed by atoms with Gasteiger partial charge >= 0.3 is 0 Å². The SMILES string of the molecule is Brc1cccc2[nH]cnc12.Cl.